The Morgan fingerprint density at radius 2 is 1.61 bits per heavy atom. The largest absolute Gasteiger partial charge is 0.497 e. The predicted octanol–water partition coefficient (Wildman–Crippen LogP) is 3.51. The van der Waals surface area contributed by atoms with Gasteiger partial charge in [-0.1, -0.05) is 18.2 Å². The summed E-state index contributed by atoms with van der Waals surface area (Å²) in [6.45, 7) is 0. The minimum absolute atomic E-state index is 0.118. The lowest BCUT2D eigenvalue weighted by Crippen LogP contribution is -2.40. The highest BCUT2D eigenvalue weighted by atomic mass is 16.5. The molecule has 4 aliphatic carbocycles. The smallest absolute Gasteiger partial charge is 0.255 e. The summed E-state index contributed by atoms with van der Waals surface area (Å²) in [5.74, 6) is 1.17. The van der Waals surface area contributed by atoms with Crippen LogP contribution in [-0.2, 0) is 9.59 Å². The van der Waals surface area contributed by atoms with E-state index < -0.39 is 0 Å². The first kappa shape index (κ1) is 18.4. The number of nitrogens with zero attached hydrogens (tertiary/aromatic N) is 1. The lowest BCUT2D eigenvalue weighted by Gasteiger charge is -2.37. The topological polar surface area (TPSA) is 75.7 Å². The number of hydrogen-bond acceptors (Lipinski definition) is 4. The molecule has 1 saturated heterocycles. The van der Waals surface area contributed by atoms with E-state index >= 15 is 0 Å². The molecule has 3 fully saturated rings. The van der Waals surface area contributed by atoms with Gasteiger partial charge in [0.1, 0.15) is 5.75 Å². The average molecular weight is 414 g/mol. The third-order valence-corrected chi connectivity index (χ3v) is 7.38. The van der Waals surface area contributed by atoms with Crippen molar-refractivity contribution < 1.29 is 19.1 Å². The molecule has 2 bridgehead atoms. The molecule has 0 radical (unpaired) electrons. The van der Waals surface area contributed by atoms with Gasteiger partial charge < -0.3 is 10.1 Å². The van der Waals surface area contributed by atoms with Crippen LogP contribution in [0, 0.1) is 35.5 Å². The van der Waals surface area contributed by atoms with Gasteiger partial charge in [-0.15, -0.1) is 0 Å². The number of ether oxygens (including phenoxy) is 1. The zero-order chi connectivity index (χ0) is 21.3. The van der Waals surface area contributed by atoms with Gasteiger partial charge in [-0.2, -0.15) is 0 Å². The van der Waals surface area contributed by atoms with Gasteiger partial charge in [0.25, 0.3) is 5.91 Å². The number of imide groups is 1. The van der Waals surface area contributed by atoms with Gasteiger partial charge in [0, 0.05) is 11.3 Å². The van der Waals surface area contributed by atoms with Crippen LogP contribution >= 0.6 is 0 Å². The Bertz CT molecular complexity index is 1100. The molecule has 0 unspecified atom stereocenters. The minimum Gasteiger partial charge on any atom is -0.497 e. The SMILES string of the molecule is COc1ccc(NC(=O)c2cccc(N3C(=O)[C@@H]4[C@H]5C=C[C@@H]([C@@H]6C[C@H]56)[C@H]4C3=O)c2)cc1. The molecule has 2 saturated carbocycles. The van der Waals surface area contributed by atoms with Crippen LogP contribution in [0.4, 0.5) is 11.4 Å². The summed E-state index contributed by atoms with van der Waals surface area (Å²) >= 11 is 0. The zero-order valence-corrected chi connectivity index (χ0v) is 17.0. The molecule has 0 spiro atoms. The maximum atomic E-state index is 13.3. The van der Waals surface area contributed by atoms with Crippen molar-refractivity contribution in [2.45, 2.75) is 6.42 Å². The molecular weight excluding hydrogens is 392 g/mol. The van der Waals surface area contributed by atoms with Gasteiger partial charge in [-0.25, -0.2) is 4.90 Å². The Balaban J connectivity index is 1.26. The van der Waals surface area contributed by atoms with Crippen molar-refractivity contribution >= 4 is 29.1 Å². The molecule has 1 N–H and O–H groups in total. The van der Waals surface area contributed by atoms with E-state index in [1.165, 1.54) is 4.90 Å². The molecular formula is C25H22N2O4. The number of rotatable bonds is 4. The first-order valence-electron chi connectivity index (χ1n) is 10.7. The fraction of sp³-hybridized carbons (Fsp3) is 0.320. The van der Waals surface area contributed by atoms with Crippen LogP contribution in [-0.4, -0.2) is 24.8 Å². The Labute approximate surface area is 179 Å². The van der Waals surface area contributed by atoms with E-state index in [0.717, 1.165) is 6.42 Å². The van der Waals surface area contributed by atoms with Gasteiger partial charge in [-0.05, 0) is 72.6 Å². The summed E-state index contributed by atoms with van der Waals surface area (Å²) in [6.07, 6.45) is 5.46. The quantitative estimate of drug-likeness (QED) is 0.614. The van der Waals surface area contributed by atoms with Crippen molar-refractivity contribution in [3.8, 4) is 5.75 Å². The van der Waals surface area contributed by atoms with E-state index in [9.17, 15) is 14.4 Å². The van der Waals surface area contributed by atoms with E-state index in [-0.39, 0.29) is 41.4 Å². The lowest BCUT2D eigenvalue weighted by molar-refractivity contribution is -0.124. The number of hydrogen-bond donors (Lipinski definition) is 1. The van der Waals surface area contributed by atoms with E-state index in [1.807, 2.05) is 0 Å². The van der Waals surface area contributed by atoms with E-state index in [4.69, 9.17) is 4.74 Å². The van der Waals surface area contributed by atoms with Crippen molar-refractivity contribution in [2.24, 2.45) is 35.5 Å². The van der Waals surface area contributed by atoms with Gasteiger partial charge in [0.05, 0.1) is 24.6 Å². The van der Waals surface area contributed by atoms with Crippen molar-refractivity contribution in [3.05, 3.63) is 66.2 Å². The van der Waals surface area contributed by atoms with Crippen LogP contribution in [0.2, 0.25) is 0 Å². The number of anilines is 2. The van der Waals surface area contributed by atoms with Crippen molar-refractivity contribution in [1.29, 1.82) is 0 Å². The summed E-state index contributed by atoms with van der Waals surface area (Å²) in [7, 11) is 1.58. The normalized spacial score (nSPS) is 32.0. The number of benzene rings is 2. The second-order valence-electron chi connectivity index (χ2n) is 8.90. The second kappa shape index (κ2) is 6.54. The third-order valence-electron chi connectivity index (χ3n) is 7.38. The fourth-order valence-corrected chi connectivity index (χ4v) is 5.88. The van der Waals surface area contributed by atoms with E-state index in [0.29, 0.717) is 34.5 Å². The Hall–Kier alpha value is -3.41. The van der Waals surface area contributed by atoms with Crippen molar-refractivity contribution in [2.75, 3.05) is 17.3 Å². The number of carbonyl (C=O) groups is 3. The summed E-state index contributed by atoms with van der Waals surface area (Å²) in [4.78, 5) is 40.7. The van der Waals surface area contributed by atoms with Gasteiger partial charge in [0.2, 0.25) is 11.8 Å². The highest BCUT2D eigenvalue weighted by Crippen LogP contribution is 2.65. The number of amides is 3. The summed E-state index contributed by atoms with van der Waals surface area (Å²) < 4.78 is 5.13. The highest BCUT2D eigenvalue weighted by molar-refractivity contribution is 6.23. The molecule has 2 aromatic rings. The Kier molecular flexibility index (Phi) is 3.88. The minimum atomic E-state index is -0.300. The maximum absolute atomic E-state index is 13.3. The van der Waals surface area contributed by atoms with Crippen LogP contribution in [0.1, 0.15) is 16.8 Å². The molecule has 156 valence electrons. The summed E-state index contributed by atoms with van der Waals surface area (Å²) in [6, 6.07) is 13.8. The van der Waals surface area contributed by atoms with Gasteiger partial charge >= 0.3 is 0 Å². The molecule has 3 amide bonds. The Morgan fingerprint density at radius 1 is 0.968 bits per heavy atom. The molecule has 2 aromatic carbocycles. The molecule has 6 nitrogen and oxygen atoms in total. The molecule has 1 heterocycles. The van der Waals surface area contributed by atoms with Crippen LogP contribution in [0.5, 0.6) is 5.75 Å². The van der Waals surface area contributed by atoms with E-state index in [1.54, 1.807) is 55.6 Å². The molecule has 31 heavy (non-hydrogen) atoms. The van der Waals surface area contributed by atoms with Crippen molar-refractivity contribution in [3.63, 3.8) is 0 Å². The monoisotopic (exact) mass is 414 g/mol. The standard InChI is InChI=1S/C25H22N2O4/c1-31-16-7-5-14(6-8-16)26-23(28)13-3-2-4-15(11-13)27-24(29)21-17-9-10-18(20-12-19(17)20)22(21)25(27)30/h2-11,17-22H,12H2,1H3,(H,26,28)/t17-,18-,19-,20+,21+,22+/m0/s1. The fourth-order valence-electron chi connectivity index (χ4n) is 5.88. The molecule has 7 rings (SSSR count). The van der Waals surface area contributed by atoms with Gasteiger partial charge in [-0.3, -0.25) is 14.4 Å². The summed E-state index contributed by atoms with van der Waals surface area (Å²) in [5, 5.41) is 2.84. The second-order valence-corrected chi connectivity index (χ2v) is 8.90. The third kappa shape index (κ3) is 2.67. The number of carbonyl (C=O) groups excluding carboxylic acids is 3. The molecule has 0 aromatic heterocycles. The van der Waals surface area contributed by atoms with Crippen molar-refractivity contribution in [1.82, 2.24) is 0 Å². The molecule has 5 aliphatic rings. The van der Waals surface area contributed by atoms with Crippen LogP contribution < -0.4 is 15.0 Å². The summed E-state index contributed by atoms with van der Waals surface area (Å²) in [5.41, 5.74) is 1.50. The van der Waals surface area contributed by atoms with Crippen LogP contribution in [0.15, 0.2) is 60.7 Å². The molecule has 6 atom stereocenters. The number of nitrogens with one attached hydrogen (secondary N) is 1. The molecule has 1 aliphatic heterocycles. The first-order chi connectivity index (χ1) is 15.1. The first-order valence-corrected chi connectivity index (χ1v) is 10.7. The zero-order valence-electron chi connectivity index (χ0n) is 17.0. The lowest BCUT2D eigenvalue weighted by atomic mass is 9.63. The van der Waals surface area contributed by atoms with Crippen LogP contribution in [0.3, 0.4) is 0 Å². The average Bonchev–Trinajstić information content (AvgIpc) is 3.57. The van der Waals surface area contributed by atoms with E-state index in [2.05, 4.69) is 17.5 Å². The van der Waals surface area contributed by atoms with Crippen LogP contribution in [0.25, 0.3) is 0 Å². The number of methoxy groups -OCH3 is 1. The molecule has 6 heteroatoms. The maximum Gasteiger partial charge on any atom is 0.255 e. The number of allylic oxidation sites excluding steroid dienone is 2. The Morgan fingerprint density at radius 3 is 2.23 bits per heavy atom. The predicted molar refractivity (Wildman–Crippen MR) is 115 cm³/mol. The highest BCUT2D eigenvalue weighted by Gasteiger charge is 2.67. The van der Waals surface area contributed by atoms with Gasteiger partial charge in [0.15, 0.2) is 0 Å².